The molecular weight excluding hydrogens is 354 g/mol. The lowest BCUT2D eigenvalue weighted by atomic mass is 10.1. The molecule has 2 rings (SSSR count). The summed E-state index contributed by atoms with van der Waals surface area (Å²) in [5.41, 5.74) is 1.84. The van der Waals surface area contributed by atoms with E-state index in [4.69, 9.17) is 0 Å². The monoisotopic (exact) mass is 369 g/mol. The maximum atomic E-state index is 12.1. The molecule has 0 saturated heterocycles. The number of anilines is 1. The average Bonchev–Trinajstić information content (AvgIpc) is 2.43. The smallest absolute Gasteiger partial charge is 0.238 e. The van der Waals surface area contributed by atoms with Crippen LogP contribution in [0.25, 0.3) is 0 Å². The van der Waals surface area contributed by atoms with Gasteiger partial charge in [0.2, 0.25) is 10.0 Å². The number of hydrogen-bond donors (Lipinski definition) is 2. The Morgan fingerprint density at radius 2 is 1.81 bits per heavy atom. The van der Waals surface area contributed by atoms with Gasteiger partial charge in [0, 0.05) is 12.7 Å². The summed E-state index contributed by atoms with van der Waals surface area (Å²) in [5, 5.41) is 3.05. The van der Waals surface area contributed by atoms with Gasteiger partial charge in [-0.15, -0.1) is 0 Å². The largest absolute Gasteiger partial charge is 0.316 e. The van der Waals surface area contributed by atoms with Gasteiger partial charge in [-0.2, -0.15) is 0 Å². The van der Waals surface area contributed by atoms with Crippen LogP contribution in [0.4, 0.5) is 5.82 Å². The van der Waals surface area contributed by atoms with E-state index in [1.807, 2.05) is 31.3 Å². The van der Waals surface area contributed by atoms with E-state index in [1.54, 1.807) is 12.1 Å². The molecule has 0 aliphatic carbocycles. The van der Waals surface area contributed by atoms with Crippen LogP contribution < -0.4 is 10.0 Å². The van der Waals surface area contributed by atoms with Gasteiger partial charge in [-0.1, -0.05) is 24.3 Å². The Kier molecular flexibility index (Phi) is 5.33. The summed E-state index contributed by atoms with van der Waals surface area (Å²) < 4.78 is 27.4. The first-order valence-electron chi connectivity index (χ1n) is 6.33. The summed E-state index contributed by atoms with van der Waals surface area (Å²) in [6, 6.07) is 10.9. The minimum absolute atomic E-state index is 0.0875. The number of rotatable bonds is 6. The predicted molar refractivity (Wildman–Crippen MR) is 87.4 cm³/mol. The van der Waals surface area contributed by atoms with E-state index in [0.717, 1.165) is 17.7 Å². The van der Waals surface area contributed by atoms with E-state index in [2.05, 4.69) is 31.0 Å². The number of sulfonamides is 1. The lowest BCUT2D eigenvalue weighted by molar-refractivity contribution is 0.600. The molecule has 0 spiro atoms. The molecule has 21 heavy (non-hydrogen) atoms. The number of benzene rings is 1. The van der Waals surface area contributed by atoms with Crippen LogP contribution in [-0.4, -0.2) is 20.4 Å². The van der Waals surface area contributed by atoms with Crippen molar-refractivity contribution < 1.29 is 8.42 Å². The third-order valence-corrected chi connectivity index (χ3v) is 4.63. The SMILES string of the molecule is CNCc1ccc(CS(=O)(=O)Nc2ncccc2Br)cc1. The number of hydrogen-bond acceptors (Lipinski definition) is 4. The number of nitrogens with one attached hydrogen (secondary N) is 2. The minimum Gasteiger partial charge on any atom is -0.316 e. The normalized spacial score (nSPS) is 11.3. The van der Waals surface area contributed by atoms with Crippen LogP contribution in [0.1, 0.15) is 11.1 Å². The highest BCUT2D eigenvalue weighted by Crippen LogP contribution is 2.20. The average molecular weight is 370 g/mol. The summed E-state index contributed by atoms with van der Waals surface area (Å²) in [6.07, 6.45) is 1.54. The van der Waals surface area contributed by atoms with E-state index in [1.165, 1.54) is 6.20 Å². The third-order valence-electron chi connectivity index (χ3n) is 2.77. The van der Waals surface area contributed by atoms with E-state index in [9.17, 15) is 8.42 Å². The maximum Gasteiger partial charge on any atom is 0.238 e. The topological polar surface area (TPSA) is 71.1 Å². The molecule has 1 aromatic carbocycles. The fourth-order valence-corrected chi connectivity index (χ4v) is 3.47. The molecule has 0 amide bonds. The summed E-state index contributed by atoms with van der Waals surface area (Å²) >= 11 is 3.26. The van der Waals surface area contributed by atoms with Crippen LogP contribution in [0.3, 0.4) is 0 Å². The van der Waals surface area contributed by atoms with Crippen molar-refractivity contribution >= 4 is 31.8 Å². The Hall–Kier alpha value is -1.44. The second kappa shape index (κ2) is 7.02. The number of aromatic nitrogens is 1. The Morgan fingerprint density at radius 1 is 1.14 bits per heavy atom. The first kappa shape index (κ1) is 15.9. The van der Waals surface area contributed by atoms with Gasteiger partial charge in [0.05, 0.1) is 10.2 Å². The summed E-state index contributed by atoms with van der Waals surface area (Å²) in [7, 11) is -1.63. The Labute approximate surface area is 133 Å². The van der Waals surface area contributed by atoms with Gasteiger partial charge >= 0.3 is 0 Å². The lowest BCUT2D eigenvalue weighted by Crippen LogP contribution is -2.16. The molecule has 2 N–H and O–H groups in total. The summed E-state index contributed by atoms with van der Waals surface area (Å²) in [6.45, 7) is 0.756. The highest BCUT2D eigenvalue weighted by molar-refractivity contribution is 9.10. The zero-order chi connectivity index (χ0) is 15.3. The molecular formula is C14H16BrN3O2S. The van der Waals surface area contributed by atoms with Gasteiger partial charge in [-0.25, -0.2) is 13.4 Å². The van der Waals surface area contributed by atoms with Crippen molar-refractivity contribution in [2.24, 2.45) is 0 Å². The van der Waals surface area contributed by atoms with E-state index < -0.39 is 10.0 Å². The quantitative estimate of drug-likeness (QED) is 0.820. The van der Waals surface area contributed by atoms with Crippen LogP contribution in [0.5, 0.6) is 0 Å². The standard InChI is InChI=1S/C14H16BrN3O2S/c1-16-9-11-4-6-12(7-5-11)10-21(19,20)18-14-13(15)3-2-8-17-14/h2-8,16H,9-10H2,1H3,(H,17,18). The molecule has 1 heterocycles. The third kappa shape index (κ3) is 4.80. The molecule has 0 radical (unpaired) electrons. The van der Waals surface area contributed by atoms with Gasteiger partial charge in [0.15, 0.2) is 5.82 Å². The van der Waals surface area contributed by atoms with Crippen LogP contribution in [0.15, 0.2) is 47.1 Å². The van der Waals surface area contributed by atoms with Crippen molar-refractivity contribution in [3.05, 3.63) is 58.2 Å². The second-order valence-electron chi connectivity index (χ2n) is 4.54. The molecule has 0 bridgehead atoms. The van der Waals surface area contributed by atoms with Gasteiger partial charge < -0.3 is 5.32 Å². The van der Waals surface area contributed by atoms with Crippen LogP contribution >= 0.6 is 15.9 Å². The first-order valence-corrected chi connectivity index (χ1v) is 8.78. The highest BCUT2D eigenvalue weighted by atomic mass is 79.9. The minimum atomic E-state index is -3.49. The zero-order valence-corrected chi connectivity index (χ0v) is 13.9. The fraction of sp³-hybridized carbons (Fsp3) is 0.214. The summed E-state index contributed by atoms with van der Waals surface area (Å²) in [4.78, 5) is 4.00. The van der Waals surface area contributed by atoms with Crippen LogP contribution in [0.2, 0.25) is 0 Å². The Balaban J connectivity index is 2.09. The van der Waals surface area contributed by atoms with Crippen LogP contribution in [-0.2, 0) is 22.3 Å². The van der Waals surface area contributed by atoms with Gasteiger partial charge in [-0.05, 0) is 46.2 Å². The molecule has 5 nitrogen and oxygen atoms in total. The van der Waals surface area contributed by atoms with Crippen molar-refractivity contribution in [2.45, 2.75) is 12.3 Å². The zero-order valence-electron chi connectivity index (χ0n) is 11.5. The maximum absolute atomic E-state index is 12.1. The molecule has 112 valence electrons. The molecule has 0 atom stereocenters. The molecule has 1 aromatic heterocycles. The van der Waals surface area contributed by atoms with Crippen molar-refractivity contribution in [1.82, 2.24) is 10.3 Å². The lowest BCUT2D eigenvalue weighted by Gasteiger charge is -2.09. The summed E-state index contributed by atoms with van der Waals surface area (Å²) in [5.74, 6) is 0.208. The van der Waals surface area contributed by atoms with E-state index in [-0.39, 0.29) is 5.75 Å². The second-order valence-corrected chi connectivity index (χ2v) is 7.12. The van der Waals surface area contributed by atoms with Gasteiger partial charge in [0.1, 0.15) is 0 Å². The first-order chi connectivity index (χ1) is 10.00. The van der Waals surface area contributed by atoms with Crippen molar-refractivity contribution in [3.63, 3.8) is 0 Å². The van der Waals surface area contributed by atoms with Gasteiger partial charge in [-0.3, -0.25) is 4.72 Å². The van der Waals surface area contributed by atoms with Gasteiger partial charge in [0.25, 0.3) is 0 Å². The molecule has 0 fully saturated rings. The molecule has 0 aliphatic rings. The van der Waals surface area contributed by atoms with Crippen molar-refractivity contribution in [1.29, 1.82) is 0 Å². The molecule has 0 saturated carbocycles. The van der Waals surface area contributed by atoms with E-state index >= 15 is 0 Å². The number of pyridine rings is 1. The highest BCUT2D eigenvalue weighted by Gasteiger charge is 2.14. The molecule has 0 unspecified atom stereocenters. The Bertz CT molecular complexity index is 702. The number of halogens is 1. The molecule has 7 heteroatoms. The van der Waals surface area contributed by atoms with E-state index in [0.29, 0.717) is 10.3 Å². The van der Waals surface area contributed by atoms with Crippen LogP contribution in [0, 0.1) is 0 Å². The Morgan fingerprint density at radius 3 is 2.43 bits per heavy atom. The molecule has 0 aliphatic heterocycles. The fourth-order valence-electron chi connectivity index (χ4n) is 1.82. The number of nitrogens with zero attached hydrogens (tertiary/aromatic N) is 1. The molecule has 2 aromatic rings. The predicted octanol–water partition coefficient (Wildman–Crippen LogP) is 2.51. The van der Waals surface area contributed by atoms with Crippen molar-refractivity contribution in [3.8, 4) is 0 Å². The van der Waals surface area contributed by atoms with Crippen molar-refractivity contribution in [2.75, 3.05) is 11.8 Å².